The first kappa shape index (κ1) is 18.1. The zero-order chi connectivity index (χ0) is 17.4. The summed E-state index contributed by atoms with van der Waals surface area (Å²) >= 11 is 0. The van der Waals surface area contributed by atoms with Crippen LogP contribution in [0.4, 0.5) is 0 Å². The molecule has 0 saturated carbocycles. The van der Waals surface area contributed by atoms with E-state index in [1.165, 1.54) is 5.56 Å². The van der Waals surface area contributed by atoms with Crippen LogP contribution in [0.3, 0.4) is 0 Å². The summed E-state index contributed by atoms with van der Waals surface area (Å²) in [6.07, 6.45) is 0.826. The molecular weight excluding hydrogens is 302 g/mol. The zero-order valence-corrected chi connectivity index (χ0v) is 14.7. The van der Waals surface area contributed by atoms with Crippen LogP contribution in [0.25, 0.3) is 0 Å². The molecule has 0 fully saturated rings. The number of nitrogens with two attached hydrogens (primary N) is 1. The standard InChI is InChI=1S/C20H27NO3/c1-15(2)17-5-7-18(8-6-17)23-12-13-24-19-9-4-16(10-11-21)14-20(19)22-3/h4-9,14-15H,10-13,21H2,1-3H3. The van der Waals surface area contributed by atoms with Crippen molar-refractivity contribution in [2.75, 3.05) is 26.9 Å². The highest BCUT2D eigenvalue weighted by Crippen LogP contribution is 2.28. The van der Waals surface area contributed by atoms with Crippen LogP contribution in [0.5, 0.6) is 17.2 Å². The van der Waals surface area contributed by atoms with Gasteiger partial charge in [-0.25, -0.2) is 0 Å². The van der Waals surface area contributed by atoms with Crippen LogP contribution in [-0.4, -0.2) is 26.9 Å². The fraction of sp³-hybridized carbons (Fsp3) is 0.400. The van der Waals surface area contributed by atoms with Gasteiger partial charge in [0.1, 0.15) is 19.0 Å². The number of ether oxygens (including phenoxy) is 3. The zero-order valence-electron chi connectivity index (χ0n) is 14.7. The molecule has 4 nitrogen and oxygen atoms in total. The third-order valence-electron chi connectivity index (χ3n) is 3.82. The summed E-state index contributed by atoms with van der Waals surface area (Å²) in [6.45, 7) is 5.91. The second kappa shape index (κ2) is 9.18. The van der Waals surface area contributed by atoms with Crippen LogP contribution >= 0.6 is 0 Å². The Hall–Kier alpha value is -2.20. The summed E-state index contributed by atoms with van der Waals surface area (Å²) < 4.78 is 16.9. The Labute approximate surface area is 144 Å². The predicted molar refractivity (Wildman–Crippen MR) is 97.3 cm³/mol. The monoisotopic (exact) mass is 329 g/mol. The molecule has 2 aromatic carbocycles. The first-order valence-corrected chi connectivity index (χ1v) is 8.36. The van der Waals surface area contributed by atoms with Crippen LogP contribution in [0.1, 0.15) is 30.9 Å². The van der Waals surface area contributed by atoms with Crippen molar-refractivity contribution < 1.29 is 14.2 Å². The van der Waals surface area contributed by atoms with E-state index in [2.05, 4.69) is 26.0 Å². The smallest absolute Gasteiger partial charge is 0.161 e. The van der Waals surface area contributed by atoms with Gasteiger partial charge in [0.05, 0.1) is 7.11 Å². The molecule has 0 unspecified atom stereocenters. The maximum Gasteiger partial charge on any atom is 0.161 e. The summed E-state index contributed by atoms with van der Waals surface area (Å²) in [4.78, 5) is 0. The van der Waals surface area contributed by atoms with Gasteiger partial charge in [-0.2, -0.15) is 0 Å². The van der Waals surface area contributed by atoms with Gasteiger partial charge in [-0.3, -0.25) is 0 Å². The molecule has 24 heavy (non-hydrogen) atoms. The van der Waals surface area contributed by atoms with Crippen LogP contribution in [0.2, 0.25) is 0 Å². The first-order valence-electron chi connectivity index (χ1n) is 8.36. The summed E-state index contributed by atoms with van der Waals surface area (Å²) in [5.74, 6) is 2.82. The minimum Gasteiger partial charge on any atom is -0.493 e. The number of methoxy groups -OCH3 is 1. The van der Waals surface area contributed by atoms with Crippen molar-refractivity contribution in [1.29, 1.82) is 0 Å². The van der Waals surface area contributed by atoms with E-state index in [4.69, 9.17) is 19.9 Å². The van der Waals surface area contributed by atoms with Crippen LogP contribution in [0, 0.1) is 0 Å². The van der Waals surface area contributed by atoms with Crippen LogP contribution in [-0.2, 0) is 6.42 Å². The van der Waals surface area contributed by atoms with Gasteiger partial charge in [0.2, 0.25) is 0 Å². The Balaban J connectivity index is 1.83. The summed E-state index contributed by atoms with van der Waals surface area (Å²) in [6, 6.07) is 14.1. The van der Waals surface area contributed by atoms with E-state index in [1.807, 2.05) is 30.3 Å². The van der Waals surface area contributed by atoms with E-state index in [9.17, 15) is 0 Å². The fourth-order valence-corrected chi connectivity index (χ4v) is 2.41. The highest BCUT2D eigenvalue weighted by atomic mass is 16.5. The normalized spacial score (nSPS) is 10.7. The van der Waals surface area contributed by atoms with E-state index < -0.39 is 0 Å². The van der Waals surface area contributed by atoms with E-state index in [1.54, 1.807) is 7.11 Å². The number of hydrogen-bond donors (Lipinski definition) is 1. The van der Waals surface area contributed by atoms with Crippen molar-refractivity contribution in [3.05, 3.63) is 53.6 Å². The molecule has 0 aliphatic heterocycles. The minimum atomic E-state index is 0.457. The van der Waals surface area contributed by atoms with Crippen LogP contribution < -0.4 is 19.9 Å². The molecule has 0 radical (unpaired) electrons. The minimum absolute atomic E-state index is 0.457. The van der Waals surface area contributed by atoms with Crippen molar-refractivity contribution in [3.63, 3.8) is 0 Å². The Morgan fingerprint density at radius 2 is 1.62 bits per heavy atom. The molecule has 2 aromatic rings. The van der Waals surface area contributed by atoms with Gasteiger partial charge in [-0.15, -0.1) is 0 Å². The van der Waals surface area contributed by atoms with E-state index >= 15 is 0 Å². The molecular formula is C20H27NO3. The lowest BCUT2D eigenvalue weighted by Crippen LogP contribution is -2.10. The molecule has 0 atom stereocenters. The van der Waals surface area contributed by atoms with Crippen LogP contribution in [0.15, 0.2) is 42.5 Å². The van der Waals surface area contributed by atoms with Gasteiger partial charge in [-0.1, -0.05) is 32.0 Å². The highest BCUT2D eigenvalue weighted by Gasteiger charge is 2.06. The molecule has 0 saturated heterocycles. The number of hydrogen-bond acceptors (Lipinski definition) is 4. The molecule has 0 aliphatic rings. The number of rotatable bonds is 9. The third-order valence-corrected chi connectivity index (χ3v) is 3.82. The molecule has 2 rings (SSSR count). The second-order valence-electron chi connectivity index (χ2n) is 5.94. The average molecular weight is 329 g/mol. The first-order chi connectivity index (χ1) is 11.6. The van der Waals surface area contributed by atoms with Crippen molar-refractivity contribution in [2.45, 2.75) is 26.2 Å². The maximum atomic E-state index is 5.76. The quantitative estimate of drug-likeness (QED) is 0.711. The summed E-state index contributed by atoms with van der Waals surface area (Å²) in [7, 11) is 1.64. The lowest BCUT2D eigenvalue weighted by molar-refractivity contribution is 0.211. The summed E-state index contributed by atoms with van der Waals surface area (Å²) in [5, 5.41) is 0. The predicted octanol–water partition coefficient (Wildman–Crippen LogP) is 3.78. The molecule has 4 heteroatoms. The molecule has 0 aliphatic carbocycles. The Morgan fingerprint density at radius 1 is 0.917 bits per heavy atom. The SMILES string of the molecule is COc1cc(CCN)ccc1OCCOc1ccc(C(C)C)cc1. The highest BCUT2D eigenvalue weighted by molar-refractivity contribution is 5.43. The molecule has 130 valence electrons. The van der Waals surface area contributed by atoms with Crippen molar-refractivity contribution in [2.24, 2.45) is 5.73 Å². The topological polar surface area (TPSA) is 53.7 Å². The Kier molecular flexibility index (Phi) is 6.94. The van der Waals surface area contributed by atoms with Crippen molar-refractivity contribution in [1.82, 2.24) is 0 Å². The van der Waals surface area contributed by atoms with Crippen molar-refractivity contribution in [3.8, 4) is 17.2 Å². The molecule has 0 heterocycles. The molecule has 0 bridgehead atoms. The van der Waals surface area contributed by atoms with E-state index in [0.717, 1.165) is 29.2 Å². The third kappa shape index (κ3) is 5.17. The van der Waals surface area contributed by atoms with Gasteiger partial charge in [0.25, 0.3) is 0 Å². The molecule has 0 amide bonds. The molecule has 0 spiro atoms. The van der Waals surface area contributed by atoms with Gasteiger partial charge in [0.15, 0.2) is 11.5 Å². The average Bonchev–Trinajstić information content (AvgIpc) is 2.60. The largest absolute Gasteiger partial charge is 0.493 e. The maximum absolute atomic E-state index is 5.76. The second-order valence-corrected chi connectivity index (χ2v) is 5.94. The van der Waals surface area contributed by atoms with Gasteiger partial charge in [0, 0.05) is 0 Å². The van der Waals surface area contributed by atoms with Gasteiger partial charge in [-0.05, 0) is 54.3 Å². The van der Waals surface area contributed by atoms with Gasteiger partial charge < -0.3 is 19.9 Å². The van der Waals surface area contributed by atoms with Crippen molar-refractivity contribution >= 4 is 0 Å². The van der Waals surface area contributed by atoms with E-state index in [0.29, 0.717) is 25.7 Å². The lowest BCUT2D eigenvalue weighted by Gasteiger charge is -2.13. The Bertz CT molecular complexity index is 623. The lowest BCUT2D eigenvalue weighted by atomic mass is 10.0. The van der Waals surface area contributed by atoms with Gasteiger partial charge >= 0.3 is 0 Å². The number of benzene rings is 2. The Morgan fingerprint density at radius 3 is 2.25 bits per heavy atom. The molecule has 2 N–H and O–H groups in total. The molecule has 0 aromatic heterocycles. The fourth-order valence-electron chi connectivity index (χ4n) is 2.41. The summed E-state index contributed by atoms with van der Waals surface area (Å²) in [5.41, 5.74) is 8.03. The van der Waals surface area contributed by atoms with E-state index in [-0.39, 0.29) is 0 Å².